The van der Waals surface area contributed by atoms with Crippen molar-refractivity contribution in [1.29, 1.82) is 0 Å². The maximum absolute atomic E-state index is 11.9. The Bertz CT molecular complexity index is 596. The first kappa shape index (κ1) is 15.4. The number of nitrogens with zero attached hydrogens (tertiary/aromatic N) is 3. The zero-order valence-corrected chi connectivity index (χ0v) is 12.9. The van der Waals surface area contributed by atoms with Gasteiger partial charge in [0.15, 0.2) is 0 Å². The van der Waals surface area contributed by atoms with E-state index in [4.69, 9.17) is 5.84 Å². The molecule has 0 saturated heterocycles. The highest BCUT2D eigenvalue weighted by Gasteiger charge is 2.11. The third-order valence-corrected chi connectivity index (χ3v) is 4.10. The van der Waals surface area contributed by atoms with Crippen molar-refractivity contribution in [1.82, 2.24) is 20.2 Å². The number of nitrogens with two attached hydrogens (primary N) is 1. The van der Waals surface area contributed by atoms with Crippen molar-refractivity contribution in [2.24, 2.45) is 0 Å². The minimum Gasteiger partial charge on any atom is -0.349 e. The quantitative estimate of drug-likeness (QED) is 0.624. The number of aryl methyl sites for hydroxylation is 1. The van der Waals surface area contributed by atoms with E-state index in [9.17, 15) is 4.79 Å². The van der Waals surface area contributed by atoms with E-state index in [1.54, 1.807) is 0 Å². The standard InChI is InChI=1S/C14H19N5OS/c1-3-11-4-6-12(7-5-11)10(2)17-13(20)8-21-14-18-16-9-19(14)15/h4-7,9-10H,3,8,15H2,1-2H3,(H,17,20)/t10-/m1/s1. The molecule has 0 aliphatic carbocycles. The van der Waals surface area contributed by atoms with Gasteiger partial charge in [-0.2, -0.15) is 0 Å². The van der Waals surface area contributed by atoms with Crippen LogP contribution in [0.2, 0.25) is 0 Å². The van der Waals surface area contributed by atoms with Gasteiger partial charge in [-0.3, -0.25) is 4.79 Å². The summed E-state index contributed by atoms with van der Waals surface area (Å²) in [7, 11) is 0. The topological polar surface area (TPSA) is 85.8 Å². The van der Waals surface area contributed by atoms with E-state index in [1.807, 2.05) is 19.1 Å². The molecule has 3 N–H and O–H groups in total. The third kappa shape index (κ3) is 4.22. The number of benzene rings is 1. The lowest BCUT2D eigenvalue weighted by molar-refractivity contribution is -0.119. The molecule has 1 heterocycles. The highest BCUT2D eigenvalue weighted by molar-refractivity contribution is 7.99. The summed E-state index contributed by atoms with van der Waals surface area (Å²) in [6, 6.07) is 8.24. The molecule has 1 atom stereocenters. The first-order valence-electron chi connectivity index (χ1n) is 6.76. The number of rotatable bonds is 6. The molecule has 1 aromatic carbocycles. The van der Waals surface area contributed by atoms with E-state index < -0.39 is 0 Å². The van der Waals surface area contributed by atoms with Crippen LogP contribution in [0.1, 0.15) is 31.0 Å². The molecule has 6 nitrogen and oxygen atoms in total. The van der Waals surface area contributed by atoms with Crippen LogP contribution in [0.3, 0.4) is 0 Å². The zero-order valence-electron chi connectivity index (χ0n) is 12.1. The van der Waals surface area contributed by atoms with Crippen molar-refractivity contribution >= 4 is 17.7 Å². The maximum Gasteiger partial charge on any atom is 0.230 e. The summed E-state index contributed by atoms with van der Waals surface area (Å²) in [5, 5.41) is 11.0. The monoisotopic (exact) mass is 305 g/mol. The molecular weight excluding hydrogens is 286 g/mol. The molecule has 1 amide bonds. The summed E-state index contributed by atoms with van der Waals surface area (Å²) in [6.07, 6.45) is 2.41. The summed E-state index contributed by atoms with van der Waals surface area (Å²) in [6.45, 7) is 4.09. The Balaban J connectivity index is 1.85. The molecule has 0 aliphatic heterocycles. The van der Waals surface area contributed by atoms with Crippen LogP contribution < -0.4 is 11.2 Å². The van der Waals surface area contributed by atoms with Crippen molar-refractivity contribution in [3.8, 4) is 0 Å². The Morgan fingerprint density at radius 3 is 2.71 bits per heavy atom. The lowest BCUT2D eigenvalue weighted by atomic mass is 10.1. The molecular formula is C14H19N5OS. The van der Waals surface area contributed by atoms with Gasteiger partial charge in [0.05, 0.1) is 11.8 Å². The molecule has 0 unspecified atom stereocenters. The number of carbonyl (C=O) groups excluding carboxylic acids is 1. The third-order valence-electron chi connectivity index (χ3n) is 3.14. The molecule has 0 bridgehead atoms. The molecule has 0 spiro atoms. The Morgan fingerprint density at radius 2 is 2.14 bits per heavy atom. The maximum atomic E-state index is 11.9. The number of hydrogen-bond donors (Lipinski definition) is 2. The molecule has 1 aromatic heterocycles. The van der Waals surface area contributed by atoms with Crippen LogP contribution in [0.4, 0.5) is 0 Å². The fourth-order valence-electron chi connectivity index (χ4n) is 1.87. The van der Waals surface area contributed by atoms with Crippen LogP contribution in [-0.4, -0.2) is 26.5 Å². The van der Waals surface area contributed by atoms with Crippen LogP contribution in [0.5, 0.6) is 0 Å². The smallest absolute Gasteiger partial charge is 0.230 e. The summed E-state index contributed by atoms with van der Waals surface area (Å²) in [4.78, 5) is 11.9. The van der Waals surface area contributed by atoms with Gasteiger partial charge in [-0.25, -0.2) is 4.68 Å². The van der Waals surface area contributed by atoms with Crippen LogP contribution in [-0.2, 0) is 11.2 Å². The van der Waals surface area contributed by atoms with Gasteiger partial charge < -0.3 is 11.2 Å². The van der Waals surface area contributed by atoms with E-state index in [2.05, 4.69) is 34.6 Å². The average molecular weight is 305 g/mol. The summed E-state index contributed by atoms with van der Waals surface area (Å²) >= 11 is 1.26. The minimum absolute atomic E-state index is 0.0280. The molecule has 0 fully saturated rings. The second-order valence-electron chi connectivity index (χ2n) is 4.69. The summed E-state index contributed by atoms with van der Waals surface area (Å²) in [5.41, 5.74) is 2.38. The number of amides is 1. The normalized spacial score (nSPS) is 12.1. The molecule has 2 rings (SSSR count). The first-order chi connectivity index (χ1) is 10.1. The molecule has 7 heteroatoms. The number of nitrogen functional groups attached to an aromatic ring is 1. The number of carbonyl (C=O) groups is 1. The van der Waals surface area contributed by atoms with E-state index in [0.29, 0.717) is 5.16 Å². The Kier molecular flexibility index (Phi) is 5.21. The van der Waals surface area contributed by atoms with Crippen molar-refractivity contribution in [2.75, 3.05) is 11.6 Å². The van der Waals surface area contributed by atoms with Crippen LogP contribution in [0.15, 0.2) is 35.7 Å². The Morgan fingerprint density at radius 1 is 1.43 bits per heavy atom. The SMILES string of the molecule is CCc1ccc([C@@H](C)NC(=O)CSc2nncn2N)cc1. The van der Waals surface area contributed by atoms with Gasteiger partial charge in [0, 0.05) is 0 Å². The number of nitrogens with one attached hydrogen (secondary N) is 1. The lowest BCUT2D eigenvalue weighted by Crippen LogP contribution is -2.28. The fourth-order valence-corrected chi connectivity index (χ4v) is 2.52. The minimum atomic E-state index is -0.0601. The number of hydrogen-bond acceptors (Lipinski definition) is 5. The van der Waals surface area contributed by atoms with E-state index in [0.717, 1.165) is 12.0 Å². The average Bonchev–Trinajstić information content (AvgIpc) is 2.90. The highest BCUT2D eigenvalue weighted by Crippen LogP contribution is 2.15. The van der Waals surface area contributed by atoms with Gasteiger partial charge in [0.2, 0.25) is 11.1 Å². The molecule has 0 saturated carbocycles. The van der Waals surface area contributed by atoms with Gasteiger partial charge in [0.1, 0.15) is 6.33 Å². The van der Waals surface area contributed by atoms with Gasteiger partial charge in [0.25, 0.3) is 0 Å². The highest BCUT2D eigenvalue weighted by atomic mass is 32.2. The summed E-state index contributed by atoms with van der Waals surface area (Å²) in [5.74, 6) is 5.78. The van der Waals surface area contributed by atoms with Crippen LogP contribution in [0, 0.1) is 0 Å². The van der Waals surface area contributed by atoms with Crippen LogP contribution >= 0.6 is 11.8 Å². The second kappa shape index (κ2) is 7.12. The van der Waals surface area contributed by atoms with Crippen LogP contribution in [0.25, 0.3) is 0 Å². The summed E-state index contributed by atoms with van der Waals surface area (Å²) < 4.78 is 1.30. The lowest BCUT2D eigenvalue weighted by Gasteiger charge is -2.14. The van der Waals surface area contributed by atoms with Crippen molar-refractivity contribution in [3.05, 3.63) is 41.7 Å². The van der Waals surface area contributed by atoms with Gasteiger partial charge >= 0.3 is 0 Å². The van der Waals surface area contributed by atoms with Crippen molar-refractivity contribution < 1.29 is 4.79 Å². The fraction of sp³-hybridized carbons (Fsp3) is 0.357. The molecule has 0 aliphatic rings. The predicted molar refractivity (Wildman–Crippen MR) is 83.3 cm³/mol. The van der Waals surface area contributed by atoms with Gasteiger partial charge in [-0.15, -0.1) is 10.2 Å². The first-order valence-corrected chi connectivity index (χ1v) is 7.74. The second-order valence-corrected chi connectivity index (χ2v) is 5.64. The molecule has 2 aromatic rings. The van der Waals surface area contributed by atoms with Gasteiger partial charge in [-0.05, 0) is 24.5 Å². The predicted octanol–water partition coefficient (Wildman–Crippen LogP) is 1.52. The van der Waals surface area contributed by atoms with E-state index in [-0.39, 0.29) is 17.7 Å². The van der Waals surface area contributed by atoms with Gasteiger partial charge in [-0.1, -0.05) is 43.0 Å². The van der Waals surface area contributed by atoms with Crippen molar-refractivity contribution in [2.45, 2.75) is 31.5 Å². The Hall–Kier alpha value is -2.02. The molecule has 112 valence electrons. The number of aromatic nitrogens is 3. The largest absolute Gasteiger partial charge is 0.349 e. The molecule has 0 radical (unpaired) electrons. The molecule has 21 heavy (non-hydrogen) atoms. The van der Waals surface area contributed by atoms with E-state index in [1.165, 1.54) is 28.3 Å². The van der Waals surface area contributed by atoms with Crippen molar-refractivity contribution in [3.63, 3.8) is 0 Å². The number of thioether (sulfide) groups is 1. The zero-order chi connectivity index (χ0) is 15.2. The Labute approximate surface area is 128 Å². The van der Waals surface area contributed by atoms with E-state index >= 15 is 0 Å².